The van der Waals surface area contributed by atoms with E-state index in [1.54, 1.807) is 0 Å². The molecule has 7 nitrogen and oxygen atoms in total. The second-order valence-corrected chi connectivity index (χ2v) is 2.28. The van der Waals surface area contributed by atoms with E-state index >= 15 is 0 Å². The van der Waals surface area contributed by atoms with E-state index < -0.39 is 36.3 Å². The molecule has 0 radical (unpaired) electrons. The second-order valence-electron chi connectivity index (χ2n) is 2.28. The van der Waals surface area contributed by atoms with Gasteiger partial charge in [0.05, 0.1) is 12.8 Å². The molecule has 0 bridgehead atoms. The van der Waals surface area contributed by atoms with Crippen LogP contribution < -0.4 is 0 Å². The van der Waals surface area contributed by atoms with Gasteiger partial charge in [-0.2, -0.15) is 0 Å². The monoisotopic (exact) mass is 193 g/mol. The molecule has 2 atom stereocenters. The van der Waals surface area contributed by atoms with E-state index in [0.29, 0.717) is 0 Å². The lowest BCUT2D eigenvalue weighted by atomic mass is 9.96. The maximum atomic E-state index is 10.4. The highest BCUT2D eigenvalue weighted by Crippen LogP contribution is 2.15. The van der Waals surface area contributed by atoms with Crippen LogP contribution in [0.25, 0.3) is 0 Å². The quantitative estimate of drug-likeness (QED) is 0.428. The lowest BCUT2D eigenvalue weighted by molar-refractivity contribution is -0.170. The summed E-state index contributed by atoms with van der Waals surface area (Å²) in [5.74, 6) is -5.66. The number of rotatable bonds is 5. The molecule has 0 saturated carbocycles. The van der Waals surface area contributed by atoms with Crippen molar-refractivity contribution in [1.29, 1.82) is 0 Å². The number of carboxylic acid groups (broad SMARTS) is 3. The topological polar surface area (TPSA) is 132 Å². The summed E-state index contributed by atoms with van der Waals surface area (Å²) in [5, 5.41) is 34.1. The number of aliphatic hydroxyl groups is 1. The van der Waals surface area contributed by atoms with Crippen LogP contribution in [0.2, 0.25) is 0 Å². The lowest BCUT2D eigenvalue weighted by Crippen LogP contribution is -2.42. The van der Waals surface area contributed by atoms with Gasteiger partial charge in [-0.1, -0.05) is 0 Å². The molecule has 0 aromatic rings. The minimum absolute atomic E-state index is 1.34. The van der Waals surface area contributed by atoms with Gasteiger partial charge in [0.2, 0.25) is 0 Å². The smallest absolute Gasteiger partial charge is 0.336 e. The summed E-state index contributed by atoms with van der Waals surface area (Å²) in [7, 11) is 0. The standard InChI is InChI=1S/C6H8O7/c7-3(8)1-6(13,5(11)12)2-4(9)10/h13H,1-2H2,(H,7,8)(H,9,10)(H,11,12)/i1D. The molecule has 7 heteroatoms. The van der Waals surface area contributed by atoms with E-state index in [0.717, 1.165) is 0 Å². The molecule has 74 valence electrons. The number of hydrogen-bond donors (Lipinski definition) is 4. The van der Waals surface area contributed by atoms with Crippen LogP contribution >= 0.6 is 0 Å². The predicted octanol–water partition coefficient (Wildman–Crippen LogP) is -1.25. The van der Waals surface area contributed by atoms with Crippen LogP contribution in [0, 0.1) is 0 Å². The molecule has 0 aromatic carbocycles. The summed E-state index contributed by atoms with van der Waals surface area (Å²) in [6.07, 6.45) is -3.79. The summed E-state index contributed by atoms with van der Waals surface area (Å²) in [6, 6.07) is 0. The largest absolute Gasteiger partial charge is 0.481 e. The van der Waals surface area contributed by atoms with Gasteiger partial charge in [-0.15, -0.1) is 0 Å². The van der Waals surface area contributed by atoms with E-state index in [1.807, 2.05) is 0 Å². The Labute approximate surface area is 73.6 Å². The van der Waals surface area contributed by atoms with Gasteiger partial charge in [-0.3, -0.25) is 9.59 Å². The Morgan fingerprint density at radius 3 is 1.85 bits per heavy atom. The normalized spacial score (nSPS) is 18.1. The van der Waals surface area contributed by atoms with Gasteiger partial charge >= 0.3 is 17.9 Å². The first-order valence-corrected chi connectivity index (χ1v) is 3.04. The van der Waals surface area contributed by atoms with Gasteiger partial charge in [0.15, 0.2) is 5.60 Å². The van der Waals surface area contributed by atoms with Crippen molar-refractivity contribution in [3.63, 3.8) is 0 Å². The Bertz CT molecular complexity index is 275. The van der Waals surface area contributed by atoms with Crippen LogP contribution in [-0.2, 0) is 14.4 Å². The van der Waals surface area contributed by atoms with E-state index in [-0.39, 0.29) is 0 Å². The predicted molar refractivity (Wildman–Crippen MR) is 37.1 cm³/mol. The van der Waals surface area contributed by atoms with Gasteiger partial charge in [0, 0.05) is 1.37 Å². The fraction of sp³-hybridized carbons (Fsp3) is 0.500. The number of carbonyl (C=O) groups is 3. The Kier molecular flexibility index (Phi) is 2.80. The third-order valence-electron chi connectivity index (χ3n) is 1.15. The summed E-state index contributed by atoms with van der Waals surface area (Å²) in [5.41, 5.74) is -3.11. The van der Waals surface area contributed by atoms with Crippen molar-refractivity contribution in [3.05, 3.63) is 0 Å². The minimum Gasteiger partial charge on any atom is -0.481 e. The SMILES string of the molecule is [2H]C(C(=O)O)C(O)(CC(=O)O)C(=O)O. The molecule has 0 aromatic heterocycles. The van der Waals surface area contributed by atoms with E-state index in [4.69, 9.17) is 21.8 Å². The molecule has 0 aliphatic rings. The number of hydrogen-bond acceptors (Lipinski definition) is 4. The molecular weight excluding hydrogens is 184 g/mol. The molecule has 0 heterocycles. The Balaban J connectivity index is 4.99. The zero-order chi connectivity index (χ0) is 11.5. The Morgan fingerprint density at radius 2 is 1.62 bits per heavy atom. The summed E-state index contributed by atoms with van der Waals surface area (Å²) < 4.78 is 6.81. The Morgan fingerprint density at radius 1 is 1.15 bits per heavy atom. The Hall–Kier alpha value is -1.63. The molecule has 13 heavy (non-hydrogen) atoms. The molecule has 0 fully saturated rings. The van der Waals surface area contributed by atoms with Gasteiger partial charge in [0.25, 0.3) is 0 Å². The van der Waals surface area contributed by atoms with Crippen LogP contribution in [0.5, 0.6) is 0 Å². The van der Waals surface area contributed by atoms with Crippen molar-refractivity contribution in [2.45, 2.75) is 18.4 Å². The average Bonchev–Trinajstić information content (AvgIpc) is 2.00. The zero-order valence-electron chi connectivity index (χ0n) is 7.30. The third kappa shape index (κ3) is 3.52. The van der Waals surface area contributed by atoms with Gasteiger partial charge < -0.3 is 20.4 Å². The van der Waals surface area contributed by atoms with Crippen LogP contribution in [0.4, 0.5) is 0 Å². The van der Waals surface area contributed by atoms with Gasteiger partial charge in [0.1, 0.15) is 0 Å². The van der Waals surface area contributed by atoms with Crippen LogP contribution in [-0.4, -0.2) is 43.9 Å². The van der Waals surface area contributed by atoms with Gasteiger partial charge in [-0.25, -0.2) is 4.79 Å². The average molecular weight is 193 g/mol. The first-order valence-electron chi connectivity index (χ1n) is 3.62. The fourth-order valence-electron chi connectivity index (χ4n) is 0.623. The molecule has 0 rings (SSSR count). The van der Waals surface area contributed by atoms with Gasteiger partial charge in [-0.05, 0) is 0 Å². The highest BCUT2D eigenvalue weighted by molar-refractivity contribution is 5.88. The maximum Gasteiger partial charge on any atom is 0.336 e. The summed E-state index contributed by atoms with van der Waals surface area (Å²) in [6.45, 7) is 0. The summed E-state index contributed by atoms with van der Waals surface area (Å²) >= 11 is 0. The molecule has 0 aliphatic heterocycles. The second kappa shape index (κ2) is 3.85. The van der Waals surface area contributed by atoms with Crippen molar-refractivity contribution in [1.82, 2.24) is 0 Å². The van der Waals surface area contributed by atoms with Crippen molar-refractivity contribution in [2.24, 2.45) is 0 Å². The molecule has 0 spiro atoms. The highest BCUT2D eigenvalue weighted by atomic mass is 16.4. The van der Waals surface area contributed by atoms with Crippen molar-refractivity contribution >= 4 is 17.9 Å². The minimum atomic E-state index is -3.11. The van der Waals surface area contributed by atoms with Crippen LogP contribution in [0.15, 0.2) is 0 Å². The van der Waals surface area contributed by atoms with Crippen molar-refractivity contribution < 1.29 is 36.2 Å². The maximum absolute atomic E-state index is 10.4. The van der Waals surface area contributed by atoms with Crippen molar-refractivity contribution in [3.8, 4) is 0 Å². The first kappa shape index (κ1) is 9.46. The van der Waals surface area contributed by atoms with E-state index in [9.17, 15) is 14.4 Å². The highest BCUT2D eigenvalue weighted by Gasteiger charge is 2.40. The van der Waals surface area contributed by atoms with Crippen LogP contribution in [0.3, 0.4) is 0 Å². The molecular formula is C6H8O7. The lowest BCUT2D eigenvalue weighted by Gasteiger charge is -2.18. The molecule has 2 unspecified atom stereocenters. The van der Waals surface area contributed by atoms with Crippen molar-refractivity contribution in [2.75, 3.05) is 0 Å². The first-order chi connectivity index (χ1) is 6.21. The van der Waals surface area contributed by atoms with E-state index in [1.165, 1.54) is 0 Å². The number of carboxylic acids is 3. The molecule has 0 aliphatic carbocycles. The van der Waals surface area contributed by atoms with Crippen LogP contribution in [0.1, 0.15) is 14.2 Å². The molecule has 4 N–H and O–H groups in total. The van der Waals surface area contributed by atoms with E-state index in [2.05, 4.69) is 0 Å². The third-order valence-corrected chi connectivity index (χ3v) is 1.15. The molecule has 0 amide bonds. The fourth-order valence-corrected chi connectivity index (χ4v) is 0.623. The molecule has 0 saturated heterocycles. The number of aliphatic carboxylic acids is 3. The zero-order valence-corrected chi connectivity index (χ0v) is 6.30. The summed E-state index contributed by atoms with van der Waals surface area (Å²) in [4.78, 5) is 30.8.